The van der Waals surface area contributed by atoms with Gasteiger partial charge in [-0.05, 0) is 29.0 Å². The third kappa shape index (κ3) is 3.80. The molecule has 0 heterocycles. The minimum atomic E-state index is 0.229. The van der Waals surface area contributed by atoms with Crippen LogP contribution >= 0.6 is 11.6 Å². The van der Waals surface area contributed by atoms with Crippen LogP contribution in [-0.4, -0.2) is 12.4 Å². The van der Waals surface area contributed by atoms with Crippen LogP contribution in [0.25, 0.3) is 0 Å². The summed E-state index contributed by atoms with van der Waals surface area (Å²) in [5.74, 6) is 0.666. The Bertz CT molecular complexity index is 339. The van der Waals surface area contributed by atoms with Crippen molar-refractivity contribution in [1.29, 1.82) is 0 Å². The van der Waals surface area contributed by atoms with Gasteiger partial charge in [-0.2, -0.15) is 0 Å². The normalized spacial score (nSPS) is 11.8. The molecule has 1 aromatic carbocycles. The third-order valence-electron chi connectivity index (χ3n) is 2.80. The fraction of sp³-hybridized carbons (Fsp3) is 0.571. The molecule has 0 aliphatic heterocycles. The fourth-order valence-electron chi connectivity index (χ4n) is 1.65. The molecule has 0 unspecified atom stereocenters. The van der Waals surface area contributed by atoms with Gasteiger partial charge in [0.2, 0.25) is 0 Å². The first-order chi connectivity index (χ1) is 7.45. The van der Waals surface area contributed by atoms with E-state index >= 15 is 0 Å². The van der Waals surface area contributed by atoms with Crippen LogP contribution in [-0.2, 0) is 12.0 Å². The molecule has 1 nitrogen and oxygen atoms in total. The average Bonchev–Trinajstić information content (AvgIpc) is 2.19. The Balaban J connectivity index is 2.76. The first-order valence-corrected chi connectivity index (χ1v) is 6.35. The Labute approximate surface area is 104 Å². The Kier molecular flexibility index (Phi) is 4.82. The van der Waals surface area contributed by atoms with Crippen molar-refractivity contribution >= 4 is 11.6 Å². The van der Waals surface area contributed by atoms with Gasteiger partial charge in [0, 0.05) is 19.0 Å². The molecular weight excluding hydrogens is 218 g/mol. The van der Waals surface area contributed by atoms with Crippen LogP contribution in [0.4, 0.5) is 0 Å². The van der Waals surface area contributed by atoms with Crippen LogP contribution in [0, 0.1) is 6.92 Å². The molecule has 90 valence electrons. The molecule has 0 spiro atoms. The predicted molar refractivity (Wildman–Crippen MR) is 72.3 cm³/mol. The van der Waals surface area contributed by atoms with E-state index in [1.165, 1.54) is 16.7 Å². The van der Waals surface area contributed by atoms with E-state index in [2.05, 4.69) is 51.2 Å². The summed E-state index contributed by atoms with van der Waals surface area (Å²) in [7, 11) is 0. The van der Waals surface area contributed by atoms with Gasteiger partial charge in [0.25, 0.3) is 0 Å². The van der Waals surface area contributed by atoms with Gasteiger partial charge in [0.1, 0.15) is 0 Å². The maximum Gasteiger partial charge on any atom is 0.0348 e. The summed E-state index contributed by atoms with van der Waals surface area (Å²) in [5.41, 5.74) is 4.34. The minimum Gasteiger partial charge on any atom is -0.311 e. The van der Waals surface area contributed by atoms with Gasteiger partial charge in [0.05, 0.1) is 0 Å². The van der Waals surface area contributed by atoms with Gasteiger partial charge in [-0.25, -0.2) is 0 Å². The minimum absolute atomic E-state index is 0.229. The molecule has 1 aromatic rings. The summed E-state index contributed by atoms with van der Waals surface area (Å²) < 4.78 is 0. The first-order valence-electron chi connectivity index (χ1n) is 5.82. The summed E-state index contributed by atoms with van der Waals surface area (Å²) in [4.78, 5) is 0. The smallest absolute Gasteiger partial charge is 0.0348 e. The molecule has 16 heavy (non-hydrogen) atoms. The van der Waals surface area contributed by atoms with E-state index in [9.17, 15) is 0 Å². The first kappa shape index (κ1) is 13.5. The lowest BCUT2D eigenvalue weighted by Crippen LogP contribution is -2.17. The van der Waals surface area contributed by atoms with Gasteiger partial charge >= 0.3 is 0 Å². The summed E-state index contributed by atoms with van der Waals surface area (Å²) in [6.45, 7) is 10.7. The number of hydrogen-bond acceptors (Lipinski definition) is 1. The van der Waals surface area contributed by atoms with E-state index in [4.69, 9.17) is 11.6 Å². The molecule has 0 fully saturated rings. The van der Waals surface area contributed by atoms with E-state index in [0.717, 1.165) is 13.1 Å². The molecule has 0 atom stereocenters. The lowest BCUT2D eigenvalue weighted by Gasteiger charge is -2.20. The van der Waals surface area contributed by atoms with Crippen LogP contribution in [0.3, 0.4) is 0 Å². The van der Waals surface area contributed by atoms with Crippen molar-refractivity contribution in [2.45, 2.75) is 39.7 Å². The van der Waals surface area contributed by atoms with Crippen molar-refractivity contribution in [1.82, 2.24) is 5.32 Å². The molecular formula is C14H22ClN. The molecule has 0 aliphatic carbocycles. The average molecular weight is 240 g/mol. The lowest BCUT2D eigenvalue weighted by atomic mass is 9.85. The zero-order chi connectivity index (χ0) is 12.2. The monoisotopic (exact) mass is 239 g/mol. The quantitative estimate of drug-likeness (QED) is 0.625. The molecule has 2 heteroatoms. The highest BCUT2D eigenvalue weighted by atomic mass is 35.5. The number of nitrogens with one attached hydrogen (secondary N) is 1. The van der Waals surface area contributed by atoms with Crippen LogP contribution in [0.1, 0.15) is 37.5 Å². The van der Waals surface area contributed by atoms with E-state index in [1.807, 2.05) is 0 Å². The van der Waals surface area contributed by atoms with Crippen molar-refractivity contribution in [2.75, 3.05) is 12.4 Å². The van der Waals surface area contributed by atoms with Gasteiger partial charge in [-0.3, -0.25) is 0 Å². The molecule has 0 aliphatic rings. The second-order valence-corrected chi connectivity index (χ2v) is 5.63. The number of aryl methyl sites for hydroxylation is 1. The van der Waals surface area contributed by atoms with Gasteiger partial charge in [-0.15, -0.1) is 11.6 Å². The Morgan fingerprint density at radius 3 is 2.44 bits per heavy atom. The van der Waals surface area contributed by atoms with Crippen LogP contribution < -0.4 is 5.32 Å². The molecule has 0 aromatic heterocycles. The van der Waals surface area contributed by atoms with Crippen LogP contribution in [0.5, 0.6) is 0 Å². The maximum absolute atomic E-state index is 5.63. The zero-order valence-corrected chi connectivity index (χ0v) is 11.5. The summed E-state index contributed by atoms with van der Waals surface area (Å²) >= 11 is 5.63. The summed E-state index contributed by atoms with van der Waals surface area (Å²) in [6, 6.07) is 6.74. The number of hydrogen-bond donors (Lipinski definition) is 1. The number of alkyl halides is 1. The van der Waals surface area contributed by atoms with Gasteiger partial charge in [-0.1, -0.05) is 39.0 Å². The molecule has 0 saturated carbocycles. The van der Waals surface area contributed by atoms with Crippen molar-refractivity contribution < 1.29 is 0 Å². The highest BCUT2D eigenvalue weighted by molar-refractivity contribution is 6.18. The van der Waals surface area contributed by atoms with E-state index in [1.54, 1.807) is 0 Å². The number of rotatable bonds is 4. The Morgan fingerprint density at radius 1 is 1.25 bits per heavy atom. The zero-order valence-electron chi connectivity index (χ0n) is 10.7. The topological polar surface area (TPSA) is 12.0 Å². The van der Waals surface area contributed by atoms with E-state index in [-0.39, 0.29) is 5.41 Å². The number of halogens is 1. The summed E-state index contributed by atoms with van der Waals surface area (Å²) in [5, 5.41) is 3.32. The second kappa shape index (κ2) is 5.70. The molecule has 0 radical (unpaired) electrons. The largest absolute Gasteiger partial charge is 0.311 e. The Hall–Kier alpha value is -0.530. The molecule has 0 saturated heterocycles. The SMILES string of the molecule is Cc1cc(C(C)(C)C)ccc1CNCCCl. The van der Waals surface area contributed by atoms with Crippen LogP contribution in [0.2, 0.25) is 0 Å². The highest BCUT2D eigenvalue weighted by Gasteiger charge is 2.14. The van der Waals surface area contributed by atoms with Gasteiger partial charge < -0.3 is 5.32 Å². The van der Waals surface area contributed by atoms with Crippen molar-refractivity contribution in [3.05, 3.63) is 34.9 Å². The lowest BCUT2D eigenvalue weighted by molar-refractivity contribution is 0.589. The van der Waals surface area contributed by atoms with Crippen molar-refractivity contribution in [2.24, 2.45) is 0 Å². The summed E-state index contributed by atoms with van der Waals surface area (Å²) in [6.07, 6.45) is 0. The highest BCUT2D eigenvalue weighted by Crippen LogP contribution is 2.24. The second-order valence-electron chi connectivity index (χ2n) is 5.26. The predicted octanol–water partition coefficient (Wildman–Crippen LogP) is 3.62. The molecule has 0 bridgehead atoms. The van der Waals surface area contributed by atoms with Crippen molar-refractivity contribution in [3.8, 4) is 0 Å². The Morgan fingerprint density at radius 2 is 1.94 bits per heavy atom. The fourth-order valence-corrected chi connectivity index (χ4v) is 1.78. The standard InChI is InChI=1S/C14H22ClN/c1-11-9-13(14(2,3)4)6-5-12(11)10-16-8-7-15/h5-6,9,16H,7-8,10H2,1-4H3. The molecule has 1 rings (SSSR count). The third-order valence-corrected chi connectivity index (χ3v) is 2.98. The van der Waals surface area contributed by atoms with Crippen molar-refractivity contribution in [3.63, 3.8) is 0 Å². The van der Waals surface area contributed by atoms with E-state index in [0.29, 0.717) is 5.88 Å². The number of benzene rings is 1. The van der Waals surface area contributed by atoms with E-state index < -0.39 is 0 Å². The van der Waals surface area contributed by atoms with Gasteiger partial charge in [0.15, 0.2) is 0 Å². The molecule has 1 N–H and O–H groups in total. The molecule has 0 amide bonds. The van der Waals surface area contributed by atoms with Crippen LogP contribution in [0.15, 0.2) is 18.2 Å². The maximum atomic E-state index is 5.63.